The number of hydrogen-bond acceptors (Lipinski definition) is 4. The first-order valence-electron chi connectivity index (χ1n) is 8.94. The molecule has 3 heterocycles. The summed E-state index contributed by atoms with van der Waals surface area (Å²) >= 11 is 0. The van der Waals surface area contributed by atoms with Gasteiger partial charge in [-0.25, -0.2) is 0 Å². The average molecular weight is 327 g/mol. The molecule has 3 aliphatic heterocycles. The Morgan fingerprint density at radius 2 is 2.00 bits per heavy atom. The van der Waals surface area contributed by atoms with E-state index in [0.717, 1.165) is 42.2 Å². The normalized spacial score (nSPS) is 23.9. The molecule has 5 heteroatoms. The number of anilines is 2. The number of amides is 1. The van der Waals surface area contributed by atoms with E-state index in [1.165, 1.54) is 18.5 Å². The van der Waals surface area contributed by atoms with Crippen LogP contribution in [0.25, 0.3) is 5.57 Å². The van der Waals surface area contributed by atoms with Crippen molar-refractivity contribution in [2.24, 2.45) is 0 Å². The molecule has 1 aromatic rings. The smallest absolute Gasteiger partial charge is 0.261 e. The third-order valence-corrected chi connectivity index (χ3v) is 5.06. The predicted molar refractivity (Wildman–Crippen MR) is 96.3 cm³/mol. The highest BCUT2D eigenvalue weighted by atomic mass is 16.5. The monoisotopic (exact) mass is 327 g/mol. The van der Waals surface area contributed by atoms with E-state index in [2.05, 4.69) is 42.3 Å². The van der Waals surface area contributed by atoms with Gasteiger partial charge in [0.2, 0.25) is 0 Å². The number of carbonyl (C=O) groups is 1. The number of hydrogen-bond donors (Lipinski definition) is 1. The highest BCUT2D eigenvalue weighted by molar-refractivity contribution is 6.33. The van der Waals surface area contributed by atoms with Gasteiger partial charge in [-0.2, -0.15) is 0 Å². The molecule has 1 aromatic carbocycles. The van der Waals surface area contributed by atoms with Crippen molar-refractivity contribution in [3.05, 3.63) is 29.5 Å². The van der Waals surface area contributed by atoms with Crippen molar-refractivity contribution in [1.82, 2.24) is 5.32 Å². The van der Waals surface area contributed by atoms with Gasteiger partial charge >= 0.3 is 0 Å². The second-order valence-corrected chi connectivity index (χ2v) is 7.00. The summed E-state index contributed by atoms with van der Waals surface area (Å²) in [6.45, 7) is 8.28. The topological polar surface area (TPSA) is 44.8 Å². The van der Waals surface area contributed by atoms with Gasteiger partial charge in [-0.05, 0) is 44.9 Å². The van der Waals surface area contributed by atoms with Gasteiger partial charge in [0.1, 0.15) is 0 Å². The van der Waals surface area contributed by atoms with E-state index in [1.54, 1.807) is 0 Å². The summed E-state index contributed by atoms with van der Waals surface area (Å²) in [5.41, 5.74) is 5.01. The molecule has 0 bridgehead atoms. The predicted octanol–water partition coefficient (Wildman–Crippen LogP) is 2.37. The lowest BCUT2D eigenvalue weighted by Gasteiger charge is -2.23. The van der Waals surface area contributed by atoms with Gasteiger partial charge in [-0.1, -0.05) is 0 Å². The van der Waals surface area contributed by atoms with Crippen LogP contribution >= 0.6 is 0 Å². The standard InChI is InChI=1S/C19H25N3O2/c1-13(2)22-17-6-5-14(21-8-3-4-9-21)11-15(17)18(19(22)23)16-12-24-10-7-20-16/h5-6,11,13,20H,3-4,7-10,12H2,1-2H3/b18-16-. The molecule has 2 fully saturated rings. The fourth-order valence-electron chi connectivity index (χ4n) is 3.92. The second-order valence-electron chi connectivity index (χ2n) is 7.00. The summed E-state index contributed by atoms with van der Waals surface area (Å²) in [5, 5.41) is 3.37. The molecular weight excluding hydrogens is 302 g/mol. The Hall–Kier alpha value is -2.01. The number of fused-ring (bicyclic) bond motifs is 1. The maximum atomic E-state index is 13.1. The summed E-state index contributed by atoms with van der Waals surface area (Å²) in [5.74, 6) is 0.0894. The van der Waals surface area contributed by atoms with Crippen LogP contribution in [-0.2, 0) is 9.53 Å². The molecule has 24 heavy (non-hydrogen) atoms. The Morgan fingerprint density at radius 1 is 1.21 bits per heavy atom. The number of morpholine rings is 1. The van der Waals surface area contributed by atoms with Gasteiger partial charge in [-0.15, -0.1) is 0 Å². The number of rotatable bonds is 2. The van der Waals surface area contributed by atoms with Gasteiger partial charge in [0, 0.05) is 36.9 Å². The Balaban J connectivity index is 1.82. The molecule has 3 aliphatic rings. The summed E-state index contributed by atoms with van der Waals surface area (Å²) in [6, 6.07) is 6.60. The maximum Gasteiger partial charge on any atom is 0.261 e. The Labute approximate surface area is 143 Å². The van der Waals surface area contributed by atoms with Crippen LogP contribution in [0.4, 0.5) is 11.4 Å². The first kappa shape index (κ1) is 15.5. The van der Waals surface area contributed by atoms with Crippen LogP contribution in [0.1, 0.15) is 32.3 Å². The van der Waals surface area contributed by atoms with Crippen LogP contribution in [0.2, 0.25) is 0 Å². The zero-order valence-corrected chi connectivity index (χ0v) is 14.5. The zero-order valence-electron chi connectivity index (χ0n) is 14.5. The van der Waals surface area contributed by atoms with Gasteiger partial charge in [-0.3, -0.25) is 4.79 Å². The molecule has 0 radical (unpaired) electrons. The van der Waals surface area contributed by atoms with Crippen LogP contribution in [0.3, 0.4) is 0 Å². The molecule has 0 saturated carbocycles. The van der Waals surface area contributed by atoms with Crippen molar-refractivity contribution in [3.63, 3.8) is 0 Å². The largest absolute Gasteiger partial charge is 0.383 e. The molecule has 0 aliphatic carbocycles. The first-order valence-corrected chi connectivity index (χ1v) is 8.94. The Morgan fingerprint density at radius 3 is 2.67 bits per heavy atom. The lowest BCUT2D eigenvalue weighted by molar-refractivity contribution is -0.113. The van der Waals surface area contributed by atoms with E-state index < -0.39 is 0 Å². The summed E-state index contributed by atoms with van der Waals surface area (Å²) in [6.07, 6.45) is 2.49. The van der Waals surface area contributed by atoms with Crippen LogP contribution < -0.4 is 15.1 Å². The van der Waals surface area contributed by atoms with Crippen LogP contribution in [-0.4, -0.2) is 44.8 Å². The molecule has 0 spiro atoms. The molecule has 1 amide bonds. The Kier molecular flexibility index (Phi) is 3.96. The van der Waals surface area contributed by atoms with Gasteiger partial charge in [0.15, 0.2) is 0 Å². The number of carbonyl (C=O) groups excluding carboxylic acids is 1. The van der Waals surface area contributed by atoms with Crippen LogP contribution in [0, 0.1) is 0 Å². The van der Waals surface area contributed by atoms with Crippen molar-refractivity contribution in [2.75, 3.05) is 42.6 Å². The average Bonchev–Trinajstić information content (AvgIpc) is 3.20. The van der Waals surface area contributed by atoms with Crippen molar-refractivity contribution < 1.29 is 9.53 Å². The third kappa shape index (κ3) is 2.47. The highest BCUT2D eigenvalue weighted by Gasteiger charge is 2.37. The quantitative estimate of drug-likeness (QED) is 0.847. The second kappa shape index (κ2) is 6.13. The summed E-state index contributed by atoms with van der Waals surface area (Å²) in [4.78, 5) is 17.4. The number of benzene rings is 1. The molecule has 128 valence electrons. The number of nitrogens with zero attached hydrogens (tertiary/aromatic N) is 2. The molecule has 4 rings (SSSR count). The van der Waals surface area contributed by atoms with Crippen molar-refractivity contribution in [2.45, 2.75) is 32.7 Å². The van der Waals surface area contributed by atoms with Gasteiger partial charge in [0.05, 0.1) is 30.2 Å². The van der Waals surface area contributed by atoms with E-state index >= 15 is 0 Å². The van der Waals surface area contributed by atoms with Gasteiger partial charge < -0.3 is 19.9 Å². The molecule has 2 saturated heterocycles. The zero-order chi connectivity index (χ0) is 16.7. The van der Waals surface area contributed by atoms with Crippen LogP contribution in [0.15, 0.2) is 23.9 Å². The fourth-order valence-corrected chi connectivity index (χ4v) is 3.92. The van der Waals surface area contributed by atoms with E-state index in [4.69, 9.17) is 4.74 Å². The highest BCUT2D eigenvalue weighted by Crippen LogP contribution is 2.41. The summed E-state index contributed by atoms with van der Waals surface area (Å²) < 4.78 is 5.58. The number of nitrogens with one attached hydrogen (secondary N) is 1. The Bertz CT molecular complexity index is 682. The molecular formula is C19H25N3O2. The third-order valence-electron chi connectivity index (χ3n) is 5.06. The minimum Gasteiger partial charge on any atom is -0.383 e. The lowest BCUT2D eigenvalue weighted by atomic mass is 10.0. The minimum absolute atomic E-state index is 0.0894. The van der Waals surface area contributed by atoms with E-state index in [0.29, 0.717) is 13.2 Å². The number of ether oxygens (including phenoxy) is 1. The van der Waals surface area contributed by atoms with E-state index in [9.17, 15) is 4.79 Å². The summed E-state index contributed by atoms with van der Waals surface area (Å²) in [7, 11) is 0. The lowest BCUT2D eigenvalue weighted by Crippen LogP contribution is -2.35. The minimum atomic E-state index is 0.0894. The molecule has 0 unspecified atom stereocenters. The molecule has 0 aromatic heterocycles. The van der Waals surface area contributed by atoms with Crippen molar-refractivity contribution in [1.29, 1.82) is 0 Å². The van der Waals surface area contributed by atoms with Crippen molar-refractivity contribution >= 4 is 22.9 Å². The van der Waals surface area contributed by atoms with Gasteiger partial charge in [0.25, 0.3) is 5.91 Å². The van der Waals surface area contributed by atoms with E-state index in [-0.39, 0.29) is 11.9 Å². The van der Waals surface area contributed by atoms with Crippen LogP contribution in [0.5, 0.6) is 0 Å². The van der Waals surface area contributed by atoms with E-state index in [1.807, 2.05) is 4.90 Å². The van der Waals surface area contributed by atoms with Crippen molar-refractivity contribution in [3.8, 4) is 0 Å². The molecule has 0 atom stereocenters. The first-order chi connectivity index (χ1) is 11.7. The molecule has 1 N–H and O–H groups in total. The molecule has 5 nitrogen and oxygen atoms in total. The SMILES string of the molecule is CC(C)N1C(=O)/C(=C2/COCCN2)c2cc(N3CCCC3)ccc21. The fraction of sp³-hybridized carbons (Fsp3) is 0.526. The maximum absolute atomic E-state index is 13.1.